The SMILES string of the molecule is CCCCCCCCCCCCCCCCCCCCCCCCCCC(O)C(CO)NC(=O)CCCCCCCCCC/C=C\CCCCCCCCCCCCCCOC(=O)CCCCCCCCCCCCCCCCCCC. The highest BCUT2D eigenvalue weighted by atomic mass is 16.5. The molecule has 0 fully saturated rings. The number of esters is 1. The van der Waals surface area contributed by atoms with Gasteiger partial charge in [0.1, 0.15) is 0 Å². The van der Waals surface area contributed by atoms with E-state index < -0.39 is 12.1 Å². The minimum absolute atomic E-state index is 0.0180. The number of carbonyl (C=O) groups excluding carboxylic acids is 2. The van der Waals surface area contributed by atoms with Crippen molar-refractivity contribution < 1.29 is 24.5 Å². The maximum atomic E-state index is 12.6. The van der Waals surface area contributed by atoms with Crippen molar-refractivity contribution in [3.05, 3.63) is 12.2 Å². The molecule has 0 aromatic heterocycles. The minimum atomic E-state index is -0.668. The molecule has 3 N–H and O–H groups in total. The Morgan fingerprint density at radius 3 is 0.866 bits per heavy atom. The molecule has 0 aliphatic heterocycles. The third-order valence-corrected chi connectivity index (χ3v) is 18.1. The first-order valence-corrected chi connectivity index (χ1v) is 37.9. The molecule has 0 bridgehead atoms. The van der Waals surface area contributed by atoms with Crippen LogP contribution in [0.15, 0.2) is 12.2 Å². The standard InChI is InChI=1S/C76H149NO5/c1-3-5-7-9-11-13-15-17-19-21-22-23-24-27-30-33-37-40-44-48-52-56-60-64-68-74(79)73(72-78)77-75(80)69-65-61-57-53-49-45-41-38-34-31-28-25-26-29-32-35-39-43-47-51-55-59-63-67-71-82-76(81)70-66-62-58-54-50-46-42-36-20-18-16-14-12-10-8-6-4-2/h28,31,73-74,78-79H,3-27,29-30,32-72H2,1-2H3,(H,77,80)/b31-28-. The fourth-order valence-corrected chi connectivity index (χ4v) is 12.3. The van der Waals surface area contributed by atoms with Crippen LogP contribution in [0.25, 0.3) is 0 Å². The highest BCUT2D eigenvalue weighted by Gasteiger charge is 2.20. The molecular weight excluding hydrogens is 1010 g/mol. The van der Waals surface area contributed by atoms with E-state index in [2.05, 4.69) is 31.3 Å². The summed E-state index contributed by atoms with van der Waals surface area (Å²) in [4.78, 5) is 24.7. The number of aliphatic hydroxyl groups excluding tert-OH is 2. The fourth-order valence-electron chi connectivity index (χ4n) is 12.3. The van der Waals surface area contributed by atoms with Gasteiger partial charge in [-0.05, 0) is 51.4 Å². The normalized spacial score (nSPS) is 12.5. The van der Waals surface area contributed by atoms with Crippen molar-refractivity contribution in [2.75, 3.05) is 13.2 Å². The molecule has 82 heavy (non-hydrogen) atoms. The molecule has 0 saturated carbocycles. The molecule has 0 heterocycles. The quantitative estimate of drug-likeness (QED) is 0.0320. The van der Waals surface area contributed by atoms with Gasteiger partial charge in [0.2, 0.25) is 5.91 Å². The smallest absolute Gasteiger partial charge is 0.305 e. The number of carbonyl (C=O) groups is 2. The van der Waals surface area contributed by atoms with E-state index in [1.807, 2.05) is 0 Å². The van der Waals surface area contributed by atoms with Gasteiger partial charge in [0.15, 0.2) is 0 Å². The Balaban J connectivity index is 3.38. The van der Waals surface area contributed by atoms with E-state index in [9.17, 15) is 19.8 Å². The van der Waals surface area contributed by atoms with Gasteiger partial charge in [-0.3, -0.25) is 9.59 Å². The second-order valence-electron chi connectivity index (χ2n) is 26.3. The Morgan fingerprint density at radius 2 is 0.573 bits per heavy atom. The highest BCUT2D eigenvalue weighted by molar-refractivity contribution is 5.76. The van der Waals surface area contributed by atoms with Crippen molar-refractivity contribution in [1.29, 1.82) is 0 Å². The number of unbranched alkanes of at least 4 members (excludes halogenated alkanes) is 59. The Bertz CT molecular complexity index is 1240. The Hall–Kier alpha value is -1.40. The van der Waals surface area contributed by atoms with Crippen LogP contribution in [-0.4, -0.2) is 47.4 Å². The van der Waals surface area contributed by atoms with Crippen LogP contribution >= 0.6 is 0 Å². The third-order valence-electron chi connectivity index (χ3n) is 18.1. The summed E-state index contributed by atoms with van der Waals surface area (Å²) in [6.45, 7) is 5.01. The molecule has 0 aliphatic rings. The number of hydrogen-bond donors (Lipinski definition) is 3. The van der Waals surface area contributed by atoms with Crippen LogP contribution < -0.4 is 5.32 Å². The second-order valence-corrected chi connectivity index (χ2v) is 26.3. The summed E-state index contributed by atoms with van der Waals surface area (Å²) in [6.07, 6.45) is 89.9. The topological polar surface area (TPSA) is 95.9 Å². The number of ether oxygens (including phenoxy) is 1. The van der Waals surface area contributed by atoms with E-state index in [1.165, 1.54) is 366 Å². The molecule has 1 amide bonds. The minimum Gasteiger partial charge on any atom is -0.466 e. The number of nitrogens with one attached hydrogen (secondary N) is 1. The van der Waals surface area contributed by atoms with Crippen molar-refractivity contribution in [1.82, 2.24) is 5.32 Å². The number of allylic oxidation sites excluding steroid dienone is 2. The highest BCUT2D eigenvalue weighted by Crippen LogP contribution is 2.20. The molecule has 0 saturated heterocycles. The summed E-state index contributed by atoms with van der Waals surface area (Å²) in [5.41, 5.74) is 0. The summed E-state index contributed by atoms with van der Waals surface area (Å²) in [6, 6.07) is -0.546. The Kier molecular flexibility index (Phi) is 70.8. The van der Waals surface area contributed by atoms with E-state index in [-0.39, 0.29) is 18.5 Å². The summed E-state index contributed by atoms with van der Waals surface area (Å²) >= 11 is 0. The van der Waals surface area contributed by atoms with Crippen LogP contribution in [-0.2, 0) is 14.3 Å². The van der Waals surface area contributed by atoms with Crippen LogP contribution in [0, 0.1) is 0 Å². The molecule has 2 atom stereocenters. The average molecular weight is 1160 g/mol. The van der Waals surface area contributed by atoms with Gasteiger partial charge >= 0.3 is 5.97 Å². The summed E-state index contributed by atoms with van der Waals surface area (Å²) in [7, 11) is 0. The van der Waals surface area contributed by atoms with Gasteiger partial charge in [-0.2, -0.15) is 0 Å². The van der Waals surface area contributed by atoms with Crippen molar-refractivity contribution >= 4 is 11.9 Å². The molecule has 0 aromatic rings. The van der Waals surface area contributed by atoms with Gasteiger partial charge in [0, 0.05) is 12.8 Å². The third kappa shape index (κ3) is 67.7. The van der Waals surface area contributed by atoms with Crippen LogP contribution in [0.2, 0.25) is 0 Å². The number of aliphatic hydroxyl groups is 2. The lowest BCUT2D eigenvalue weighted by molar-refractivity contribution is -0.143. The molecule has 0 aliphatic carbocycles. The lowest BCUT2D eigenvalue weighted by Crippen LogP contribution is -2.45. The average Bonchev–Trinajstić information content (AvgIpc) is 3.48. The monoisotopic (exact) mass is 1160 g/mol. The maximum Gasteiger partial charge on any atom is 0.305 e. The first-order valence-electron chi connectivity index (χ1n) is 37.9. The van der Waals surface area contributed by atoms with Gasteiger partial charge in [-0.25, -0.2) is 0 Å². The number of rotatable bonds is 72. The zero-order valence-electron chi connectivity index (χ0n) is 56.0. The van der Waals surface area contributed by atoms with E-state index in [0.717, 1.165) is 38.5 Å². The van der Waals surface area contributed by atoms with E-state index in [0.29, 0.717) is 25.9 Å². The summed E-state index contributed by atoms with van der Waals surface area (Å²) in [5.74, 6) is -0.0158. The molecule has 0 spiro atoms. The zero-order chi connectivity index (χ0) is 59.2. The van der Waals surface area contributed by atoms with Crippen molar-refractivity contribution in [2.24, 2.45) is 0 Å². The zero-order valence-corrected chi connectivity index (χ0v) is 56.0. The first-order chi connectivity index (χ1) is 40.5. The van der Waals surface area contributed by atoms with Crippen molar-refractivity contribution in [2.45, 2.75) is 450 Å². The largest absolute Gasteiger partial charge is 0.466 e. The molecule has 6 heteroatoms. The molecule has 0 radical (unpaired) electrons. The first kappa shape index (κ1) is 80.6. The van der Waals surface area contributed by atoms with E-state index >= 15 is 0 Å². The molecule has 0 rings (SSSR count). The lowest BCUT2D eigenvalue weighted by atomic mass is 10.0. The Morgan fingerprint density at radius 1 is 0.329 bits per heavy atom. The van der Waals surface area contributed by atoms with Crippen LogP contribution in [0.4, 0.5) is 0 Å². The van der Waals surface area contributed by atoms with Gasteiger partial charge in [-0.1, -0.05) is 386 Å². The predicted molar refractivity (Wildman–Crippen MR) is 361 cm³/mol. The maximum absolute atomic E-state index is 12.6. The van der Waals surface area contributed by atoms with Crippen LogP contribution in [0.1, 0.15) is 438 Å². The lowest BCUT2D eigenvalue weighted by Gasteiger charge is -2.22. The van der Waals surface area contributed by atoms with E-state index in [4.69, 9.17) is 4.74 Å². The number of amides is 1. The molecule has 0 aromatic carbocycles. The van der Waals surface area contributed by atoms with Crippen LogP contribution in [0.5, 0.6) is 0 Å². The van der Waals surface area contributed by atoms with Gasteiger partial charge in [0.25, 0.3) is 0 Å². The number of hydrogen-bond acceptors (Lipinski definition) is 5. The van der Waals surface area contributed by atoms with Crippen LogP contribution in [0.3, 0.4) is 0 Å². The van der Waals surface area contributed by atoms with Crippen molar-refractivity contribution in [3.8, 4) is 0 Å². The van der Waals surface area contributed by atoms with Gasteiger partial charge in [0.05, 0.1) is 25.4 Å². The molecule has 2 unspecified atom stereocenters. The molecule has 6 nitrogen and oxygen atoms in total. The van der Waals surface area contributed by atoms with E-state index in [1.54, 1.807) is 0 Å². The predicted octanol–water partition coefficient (Wildman–Crippen LogP) is 24.7. The van der Waals surface area contributed by atoms with Gasteiger partial charge in [-0.15, -0.1) is 0 Å². The fraction of sp³-hybridized carbons (Fsp3) is 0.947. The summed E-state index contributed by atoms with van der Waals surface area (Å²) < 4.78 is 5.51. The van der Waals surface area contributed by atoms with Gasteiger partial charge < -0.3 is 20.3 Å². The van der Waals surface area contributed by atoms with Crippen molar-refractivity contribution in [3.63, 3.8) is 0 Å². The molecule has 488 valence electrons. The summed E-state index contributed by atoms with van der Waals surface area (Å²) in [5, 5.41) is 23.5. The Labute approximate surface area is 514 Å². The second kappa shape index (κ2) is 72.1. The molecular formula is C76H149NO5.